The van der Waals surface area contributed by atoms with E-state index in [1.807, 2.05) is 56.9 Å². The molecule has 2 aliphatic rings. The highest BCUT2D eigenvalue weighted by atomic mass is 16.7. The number of nitrogens with zero attached hydrogens (tertiary/aromatic N) is 3. The minimum atomic E-state index is -1.00. The van der Waals surface area contributed by atoms with Crippen molar-refractivity contribution in [1.82, 2.24) is 20.0 Å². The number of aliphatic hydroxyl groups is 1. The molecule has 2 N–H and O–H groups in total. The topological polar surface area (TPSA) is 130 Å². The molecule has 6 unspecified atom stereocenters. The Balaban J connectivity index is 2.07. The van der Waals surface area contributed by atoms with Crippen molar-refractivity contribution in [2.75, 3.05) is 75.1 Å². The number of methoxy groups -OCH3 is 1. The third kappa shape index (κ3) is 11.3. The number of carbonyl (C=O) groups is 3. The number of likely N-dealkylation sites (N-methyl/N-ethyl adjacent to an activating group) is 2. The first-order valence-corrected chi connectivity index (χ1v) is 16.2. The number of esters is 1. The van der Waals surface area contributed by atoms with Crippen LogP contribution in [0.1, 0.15) is 53.4 Å². The van der Waals surface area contributed by atoms with Crippen LogP contribution in [0.2, 0.25) is 0 Å². The second kappa shape index (κ2) is 18.5. The molecule has 0 radical (unpaired) electrons. The van der Waals surface area contributed by atoms with Crippen molar-refractivity contribution in [2.45, 2.75) is 90.1 Å². The van der Waals surface area contributed by atoms with E-state index in [2.05, 4.69) is 12.2 Å². The first-order chi connectivity index (χ1) is 20.7. The Morgan fingerprint density at radius 2 is 1.82 bits per heavy atom. The van der Waals surface area contributed by atoms with E-state index in [-0.39, 0.29) is 42.3 Å². The summed E-state index contributed by atoms with van der Waals surface area (Å²) >= 11 is 0. The molecule has 0 saturated carbocycles. The molecule has 2 saturated heterocycles. The highest BCUT2D eigenvalue weighted by molar-refractivity contribution is 5.99. The maximum atomic E-state index is 13.7. The summed E-state index contributed by atoms with van der Waals surface area (Å²) < 4.78 is 23.9. The number of ketones is 1. The molecule has 10 atom stereocenters. The van der Waals surface area contributed by atoms with Crippen LogP contribution in [0.5, 0.6) is 0 Å². The fourth-order valence-electron chi connectivity index (χ4n) is 6.32. The number of nitrogens with one attached hydrogen (secondary N) is 1. The van der Waals surface area contributed by atoms with Crippen LogP contribution in [-0.4, -0.2) is 149 Å². The molecule has 2 aliphatic heterocycles. The molecule has 0 aromatic carbocycles. The van der Waals surface area contributed by atoms with Gasteiger partial charge in [-0.1, -0.05) is 13.8 Å². The summed E-state index contributed by atoms with van der Waals surface area (Å²) in [6, 6.07) is -0.174. The van der Waals surface area contributed by atoms with Crippen LogP contribution < -0.4 is 5.32 Å². The van der Waals surface area contributed by atoms with Gasteiger partial charge < -0.3 is 44.1 Å². The predicted octanol–water partition coefficient (Wildman–Crippen LogP) is 1.24. The lowest BCUT2D eigenvalue weighted by atomic mass is 9.85. The van der Waals surface area contributed by atoms with Gasteiger partial charge in [-0.25, -0.2) is 0 Å². The summed E-state index contributed by atoms with van der Waals surface area (Å²) in [6.45, 7) is 10.0. The van der Waals surface area contributed by atoms with Gasteiger partial charge in [-0.15, -0.1) is 0 Å². The molecule has 44 heavy (non-hydrogen) atoms. The Morgan fingerprint density at radius 3 is 2.41 bits per heavy atom. The lowest BCUT2D eigenvalue weighted by Crippen LogP contribution is -2.57. The van der Waals surface area contributed by atoms with Crippen LogP contribution in [0.25, 0.3) is 0 Å². The Morgan fingerprint density at radius 1 is 1.14 bits per heavy atom. The summed E-state index contributed by atoms with van der Waals surface area (Å²) in [4.78, 5) is 44.8. The average molecular weight is 629 g/mol. The van der Waals surface area contributed by atoms with Gasteiger partial charge in [0.05, 0.1) is 31.5 Å². The molecule has 256 valence electrons. The van der Waals surface area contributed by atoms with E-state index >= 15 is 0 Å². The van der Waals surface area contributed by atoms with E-state index in [1.54, 1.807) is 21.0 Å². The number of ether oxygens (including phenoxy) is 4. The smallest absolute Gasteiger partial charge is 0.316 e. The zero-order valence-electron chi connectivity index (χ0n) is 28.8. The number of amides is 1. The lowest BCUT2D eigenvalue weighted by Gasteiger charge is -2.43. The quantitative estimate of drug-likeness (QED) is 0.168. The van der Waals surface area contributed by atoms with Gasteiger partial charge in [0.15, 0.2) is 12.1 Å². The van der Waals surface area contributed by atoms with E-state index in [0.717, 1.165) is 13.0 Å². The Kier molecular flexibility index (Phi) is 16.2. The lowest BCUT2D eigenvalue weighted by molar-refractivity contribution is -0.284. The maximum Gasteiger partial charge on any atom is 0.316 e. The number of rotatable bonds is 18. The number of aliphatic hydroxyl groups excluding tert-OH is 1. The molecule has 2 rings (SSSR count). The monoisotopic (exact) mass is 628 g/mol. The molecule has 0 aromatic rings. The van der Waals surface area contributed by atoms with E-state index in [4.69, 9.17) is 18.9 Å². The van der Waals surface area contributed by atoms with Gasteiger partial charge in [-0.2, -0.15) is 0 Å². The van der Waals surface area contributed by atoms with Crippen molar-refractivity contribution in [2.24, 2.45) is 23.7 Å². The largest absolute Gasteiger partial charge is 0.465 e. The molecule has 0 aliphatic carbocycles. The SMILES string of the molecule is CNC[C@H](C)CC(OC)[C@H](OC1OC(C)CC(N(C)C)[C@H]1O)[C@@H](C)C(=O)C(C)C(=O)OCCC1CCN(C(=O)CN(C)C)C1. The van der Waals surface area contributed by atoms with Gasteiger partial charge in [0.2, 0.25) is 5.91 Å². The predicted molar refractivity (Wildman–Crippen MR) is 168 cm³/mol. The number of hydrogen-bond donors (Lipinski definition) is 2. The second-order valence-electron chi connectivity index (χ2n) is 13.4. The Labute approximate surface area is 265 Å². The summed E-state index contributed by atoms with van der Waals surface area (Å²) in [5, 5.41) is 14.3. The zero-order valence-corrected chi connectivity index (χ0v) is 28.8. The van der Waals surface area contributed by atoms with Crippen molar-refractivity contribution in [3.05, 3.63) is 0 Å². The van der Waals surface area contributed by atoms with E-state index in [9.17, 15) is 19.5 Å². The minimum absolute atomic E-state index is 0.104. The van der Waals surface area contributed by atoms with Crippen molar-refractivity contribution in [3.8, 4) is 0 Å². The number of hydrogen-bond acceptors (Lipinski definition) is 11. The van der Waals surface area contributed by atoms with Gasteiger partial charge >= 0.3 is 5.97 Å². The molecule has 0 bridgehead atoms. The minimum Gasteiger partial charge on any atom is -0.465 e. The first-order valence-electron chi connectivity index (χ1n) is 16.2. The standard InChI is InChI=1S/C32H60N4O8/c1-20(17-33-5)15-26(41-10)30(44-32-29(39)25(35(8)9)16-21(2)43-32)22(3)28(38)23(4)31(40)42-14-12-24-11-13-36(18-24)27(37)19-34(6)7/h20-26,29-30,32-33,39H,11-19H2,1-10H3/t20-,21?,22+,23?,24?,25?,26?,29-,30-,32?/m1/s1. The molecule has 0 spiro atoms. The average Bonchev–Trinajstić information content (AvgIpc) is 3.44. The number of carbonyl (C=O) groups excluding carboxylic acids is 3. The van der Waals surface area contributed by atoms with Crippen LogP contribution >= 0.6 is 0 Å². The van der Waals surface area contributed by atoms with Crippen molar-refractivity contribution in [1.29, 1.82) is 0 Å². The fourth-order valence-corrected chi connectivity index (χ4v) is 6.32. The Bertz CT molecular complexity index is 905. The van der Waals surface area contributed by atoms with Gasteiger partial charge in [-0.3, -0.25) is 14.4 Å². The zero-order chi connectivity index (χ0) is 33.1. The molecular weight excluding hydrogens is 568 g/mol. The summed E-state index contributed by atoms with van der Waals surface area (Å²) in [7, 11) is 11.0. The second-order valence-corrected chi connectivity index (χ2v) is 13.4. The number of Topliss-reactive ketones (excluding diaryl/α,β-unsaturated/α-hetero) is 1. The Hall–Kier alpha value is -1.67. The van der Waals surface area contributed by atoms with Crippen LogP contribution in [0.3, 0.4) is 0 Å². The third-order valence-corrected chi connectivity index (χ3v) is 9.01. The summed E-state index contributed by atoms with van der Waals surface area (Å²) in [6.07, 6.45) is -0.529. The summed E-state index contributed by atoms with van der Waals surface area (Å²) in [5.74, 6) is -2.05. The molecule has 12 heteroatoms. The highest BCUT2D eigenvalue weighted by Gasteiger charge is 2.44. The van der Waals surface area contributed by atoms with E-state index in [0.29, 0.717) is 38.9 Å². The van der Waals surface area contributed by atoms with Crippen molar-refractivity contribution < 1.29 is 38.4 Å². The van der Waals surface area contributed by atoms with Crippen molar-refractivity contribution in [3.63, 3.8) is 0 Å². The van der Waals surface area contributed by atoms with Crippen LogP contribution in [0.15, 0.2) is 0 Å². The maximum absolute atomic E-state index is 13.7. The summed E-state index contributed by atoms with van der Waals surface area (Å²) in [5.41, 5.74) is 0. The highest BCUT2D eigenvalue weighted by Crippen LogP contribution is 2.30. The van der Waals surface area contributed by atoms with Gasteiger partial charge in [-0.05, 0) is 93.1 Å². The van der Waals surface area contributed by atoms with E-state index in [1.165, 1.54) is 0 Å². The van der Waals surface area contributed by atoms with Gasteiger partial charge in [0.1, 0.15) is 12.0 Å². The number of likely N-dealkylation sites (tertiary alicyclic amines) is 1. The van der Waals surface area contributed by atoms with Gasteiger partial charge in [0.25, 0.3) is 0 Å². The van der Waals surface area contributed by atoms with Crippen LogP contribution in [0, 0.1) is 23.7 Å². The van der Waals surface area contributed by atoms with Gasteiger partial charge in [0, 0.05) is 32.2 Å². The van der Waals surface area contributed by atoms with E-state index < -0.39 is 42.4 Å². The first kappa shape index (κ1) is 38.5. The molecule has 0 aromatic heterocycles. The molecular formula is C32H60N4O8. The third-order valence-electron chi connectivity index (χ3n) is 9.01. The molecule has 12 nitrogen and oxygen atoms in total. The van der Waals surface area contributed by atoms with Crippen LogP contribution in [0.4, 0.5) is 0 Å². The normalized spacial score (nSPS) is 27.7. The fraction of sp³-hybridized carbons (Fsp3) is 0.906. The van der Waals surface area contributed by atoms with Crippen molar-refractivity contribution >= 4 is 17.7 Å². The molecule has 1 amide bonds. The molecule has 2 heterocycles. The van der Waals surface area contributed by atoms with Crippen LogP contribution in [-0.2, 0) is 33.3 Å². The molecule has 2 fully saturated rings.